The third-order valence-corrected chi connectivity index (χ3v) is 4.74. The van der Waals surface area contributed by atoms with Gasteiger partial charge in [0, 0.05) is 28.1 Å². The smallest absolute Gasteiger partial charge is 0.211 e. The van der Waals surface area contributed by atoms with E-state index in [-0.39, 0.29) is 11.5 Å². The van der Waals surface area contributed by atoms with Gasteiger partial charge in [-0.15, -0.1) is 11.3 Å². The standard InChI is InChI=1S/C19H19NOS/c1-14(2)20(12-15-8-4-3-5-9-15)17-13-22-18-11-7-6-10-16(18)19(17)21/h3-11,13-14H,12H2,1-2H3. The Balaban J connectivity index is 2.05. The normalized spacial score (nSPS) is 11.0. The fourth-order valence-corrected chi connectivity index (χ4v) is 3.52. The first-order chi connectivity index (χ1) is 10.7. The summed E-state index contributed by atoms with van der Waals surface area (Å²) in [5, 5.41) is 2.80. The minimum atomic E-state index is 0.124. The maximum Gasteiger partial charge on any atom is 0.211 e. The van der Waals surface area contributed by atoms with Crippen LogP contribution < -0.4 is 10.3 Å². The molecule has 0 fully saturated rings. The highest BCUT2D eigenvalue weighted by Crippen LogP contribution is 2.23. The van der Waals surface area contributed by atoms with Crippen LogP contribution >= 0.6 is 11.3 Å². The minimum Gasteiger partial charge on any atom is -0.361 e. The first-order valence-corrected chi connectivity index (χ1v) is 8.36. The maximum absolute atomic E-state index is 12.8. The summed E-state index contributed by atoms with van der Waals surface area (Å²) in [5.74, 6) is 0. The molecule has 112 valence electrons. The molecule has 0 radical (unpaired) electrons. The average Bonchev–Trinajstić information content (AvgIpc) is 2.54. The van der Waals surface area contributed by atoms with Crippen LogP contribution in [0.3, 0.4) is 0 Å². The Kier molecular flexibility index (Phi) is 4.25. The fourth-order valence-electron chi connectivity index (χ4n) is 2.59. The van der Waals surface area contributed by atoms with E-state index in [0.717, 1.165) is 22.3 Å². The molecule has 22 heavy (non-hydrogen) atoms. The summed E-state index contributed by atoms with van der Waals surface area (Å²) in [7, 11) is 0. The molecule has 1 aromatic heterocycles. The first kappa shape index (κ1) is 14.8. The number of rotatable bonds is 4. The van der Waals surface area contributed by atoms with Gasteiger partial charge in [0.2, 0.25) is 5.43 Å². The molecule has 0 aliphatic heterocycles. The van der Waals surface area contributed by atoms with Crippen LogP contribution in [0.1, 0.15) is 19.4 Å². The van der Waals surface area contributed by atoms with Crippen molar-refractivity contribution in [3.63, 3.8) is 0 Å². The van der Waals surface area contributed by atoms with Crippen LogP contribution in [0.25, 0.3) is 10.1 Å². The predicted octanol–water partition coefficient (Wildman–Crippen LogP) is 4.68. The van der Waals surface area contributed by atoms with Gasteiger partial charge in [0.15, 0.2) is 0 Å². The molecule has 0 aliphatic carbocycles. The Labute approximate surface area is 134 Å². The van der Waals surface area contributed by atoms with E-state index in [4.69, 9.17) is 0 Å². The number of benzene rings is 2. The molecular formula is C19H19NOS. The molecule has 0 atom stereocenters. The number of hydrogen-bond donors (Lipinski definition) is 0. The topological polar surface area (TPSA) is 20.3 Å². The third-order valence-electron chi connectivity index (χ3n) is 3.79. The summed E-state index contributed by atoms with van der Waals surface area (Å²) in [5.41, 5.74) is 2.13. The van der Waals surface area contributed by atoms with Gasteiger partial charge < -0.3 is 4.90 Å². The van der Waals surface area contributed by atoms with Crippen molar-refractivity contribution < 1.29 is 0 Å². The summed E-state index contributed by atoms with van der Waals surface area (Å²) in [6.45, 7) is 5.00. The Bertz CT molecular complexity index is 823. The summed E-state index contributed by atoms with van der Waals surface area (Å²) in [6, 6.07) is 18.4. The molecule has 2 nitrogen and oxygen atoms in total. The molecule has 3 heteroatoms. The molecule has 1 heterocycles. The second kappa shape index (κ2) is 6.32. The zero-order valence-corrected chi connectivity index (χ0v) is 13.6. The van der Waals surface area contributed by atoms with Gasteiger partial charge in [-0.1, -0.05) is 42.5 Å². The van der Waals surface area contributed by atoms with E-state index in [2.05, 4.69) is 30.9 Å². The van der Waals surface area contributed by atoms with Crippen molar-refractivity contribution in [2.45, 2.75) is 26.4 Å². The lowest BCUT2D eigenvalue weighted by Gasteiger charge is -2.28. The Morgan fingerprint density at radius 1 is 1.00 bits per heavy atom. The van der Waals surface area contributed by atoms with Crippen molar-refractivity contribution in [2.75, 3.05) is 4.90 Å². The van der Waals surface area contributed by atoms with Crippen molar-refractivity contribution in [3.8, 4) is 0 Å². The Hall–Kier alpha value is -2.13. The number of anilines is 1. The van der Waals surface area contributed by atoms with Gasteiger partial charge >= 0.3 is 0 Å². The molecule has 0 saturated heterocycles. The van der Waals surface area contributed by atoms with E-state index < -0.39 is 0 Å². The zero-order chi connectivity index (χ0) is 15.5. The molecule has 0 aliphatic rings. The van der Waals surface area contributed by atoms with Crippen molar-refractivity contribution in [1.29, 1.82) is 0 Å². The second-order valence-electron chi connectivity index (χ2n) is 5.65. The summed E-state index contributed by atoms with van der Waals surface area (Å²) < 4.78 is 1.04. The van der Waals surface area contributed by atoms with Crippen LogP contribution in [-0.4, -0.2) is 6.04 Å². The molecule has 0 unspecified atom stereocenters. The minimum absolute atomic E-state index is 0.124. The predicted molar refractivity (Wildman–Crippen MR) is 95.9 cm³/mol. The fraction of sp³-hybridized carbons (Fsp3) is 0.211. The summed E-state index contributed by atoms with van der Waals surface area (Å²) in [4.78, 5) is 15.0. The van der Waals surface area contributed by atoms with Crippen LogP contribution in [-0.2, 0) is 6.54 Å². The monoisotopic (exact) mass is 309 g/mol. The molecule has 0 N–H and O–H groups in total. The van der Waals surface area contributed by atoms with E-state index >= 15 is 0 Å². The molecule has 0 bridgehead atoms. The average molecular weight is 309 g/mol. The largest absolute Gasteiger partial charge is 0.361 e. The maximum atomic E-state index is 12.8. The molecule has 2 aromatic carbocycles. The summed E-state index contributed by atoms with van der Waals surface area (Å²) >= 11 is 1.63. The SMILES string of the molecule is CC(C)N(Cc1ccccc1)c1csc2ccccc2c1=O. The Morgan fingerprint density at radius 2 is 1.68 bits per heavy atom. The van der Waals surface area contributed by atoms with Crippen LogP contribution in [0, 0.1) is 0 Å². The van der Waals surface area contributed by atoms with Crippen molar-refractivity contribution >= 4 is 27.1 Å². The molecule has 3 aromatic rings. The van der Waals surface area contributed by atoms with E-state index in [1.165, 1.54) is 5.56 Å². The third kappa shape index (κ3) is 2.90. The first-order valence-electron chi connectivity index (χ1n) is 7.48. The van der Waals surface area contributed by atoms with Gasteiger partial charge in [0.25, 0.3) is 0 Å². The van der Waals surface area contributed by atoms with Gasteiger partial charge in [-0.25, -0.2) is 0 Å². The highest BCUT2D eigenvalue weighted by atomic mass is 32.1. The number of fused-ring (bicyclic) bond motifs is 1. The lowest BCUT2D eigenvalue weighted by Crippen LogP contribution is -2.33. The number of hydrogen-bond acceptors (Lipinski definition) is 3. The lowest BCUT2D eigenvalue weighted by molar-refractivity contribution is 0.682. The van der Waals surface area contributed by atoms with E-state index in [1.54, 1.807) is 11.3 Å². The lowest BCUT2D eigenvalue weighted by atomic mass is 10.1. The van der Waals surface area contributed by atoms with Crippen molar-refractivity contribution in [1.82, 2.24) is 0 Å². The van der Waals surface area contributed by atoms with Crippen LogP contribution in [0.2, 0.25) is 0 Å². The van der Waals surface area contributed by atoms with Gasteiger partial charge in [-0.3, -0.25) is 4.79 Å². The highest BCUT2D eigenvalue weighted by molar-refractivity contribution is 7.16. The number of nitrogens with zero attached hydrogens (tertiary/aromatic N) is 1. The zero-order valence-electron chi connectivity index (χ0n) is 12.8. The van der Waals surface area contributed by atoms with Crippen molar-refractivity contribution in [2.24, 2.45) is 0 Å². The van der Waals surface area contributed by atoms with Gasteiger partial charge in [0.1, 0.15) is 0 Å². The highest BCUT2D eigenvalue weighted by Gasteiger charge is 2.16. The molecule has 0 saturated carbocycles. The molecule has 3 rings (SSSR count). The molecular weight excluding hydrogens is 290 g/mol. The van der Waals surface area contributed by atoms with E-state index in [1.807, 2.05) is 47.8 Å². The van der Waals surface area contributed by atoms with Gasteiger partial charge in [-0.2, -0.15) is 0 Å². The van der Waals surface area contributed by atoms with Crippen LogP contribution in [0.5, 0.6) is 0 Å². The van der Waals surface area contributed by atoms with Gasteiger partial charge in [-0.05, 0) is 31.5 Å². The van der Waals surface area contributed by atoms with E-state index in [9.17, 15) is 4.79 Å². The molecule has 0 amide bonds. The Morgan fingerprint density at radius 3 is 2.41 bits per heavy atom. The van der Waals surface area contributed by atoms with Crippen molar-refractivity contribution in [3.05, 3.63) is 75.8 Å². The van der Waals surface area contributed by atoms with Crippen LogP contribution in [0.15, 0.2) is 64.8 Å². The molecule has 0 spiro atoms. The van der Waals surface area contributed by atoms with E-state index in [0.29, 0.717) is 0 Å². The summed E-state index contributed by atoms with van der Waals surface area (Å²) in [6.07, 6.45) is 0. The van der Waals surface area contributed by atoms with Crippen LogP contribution in [0.4, 0.5) is 5.69 Å². The second-order valence-corrected chi connectivity index (χ2v) is 6.56. The quantitative estimate of drug-likeness (QED) is 0.697. The van der Waals surface area contributed by atoms with Gasteiger partial charge in [0.05, 0.1) is 5.69 Å².